The van der Waals surface area contributed by atoms with Crippen LogP contribution in [0.1, 0.15) is 25.8 Å². The number of hydrogen-bond acceptors (Lipinski definition) is 6. The highest BCUT2D eigenvalue weighted by Crippen LogP contribution is 2.25. The van der Waals surface area contributed by atoms with E-state index >= 15 is 0 Å². The first kappa shape index (κ1) is 20.6. The number of para-hydroxylation sites is 1. The fourth-order valence-electron chi connectivity index (χ4n) is 3.21. The Morgan fingerprint density at radius 3 is 2.80 bits per heavy atom. The topological polar surface area (TPSA) is 81.3 Å². The van der Waals surface area contributed by atoms with Crippen LogP contribution in [-0.4, -0.2) is 30.8 Å². The molecule has 0 saturated heterocycles. The highest BCUT2D eigenvalue weighted by molar-refractivity contribution is 7.99. The van der Waals surface area contributed by atoms with Gasteiger partial charge in [-0.05, 0) is 42.3 Å². The number of aromatic nitrogens is 4. The van der Waals surface area contributed by atoms with Crippen molar-refractivity contribution in [2.24, 2.45) is 5.92 Å². The van der Waals surface area contributed by atoms with E-state index < -0.39 is 0 Å². The number of thiophene rings is 1. The standard InChI is InChI=1S/C21H23N5O2S2/c1-13(2)8-10-25-19(28)18-16(9-11-29-18)26-20(25)23-24-21(26)30-12-17(27)22-15-7-5-4-6-14(15)3/h4-7,9,11,13H,8,10,12H2,1-3H3,(H,22,27). The molecule has 0 radical (unpaired) electrons. The Morgan fingerprint density at radius 2 is 2.03 bits per heavy atom. The van der Waals surface area contributed by atoms with Gasteiger partial charge in [-0.3, -0.25) is 18.6 Å². The van der Waals surface area contributed by atoms with Gasteiger partial charge >= 0.3 is 0 Å². The molecular formula is C21H23N5O2S2. The number of hydrogen-bond donors (Lipinski definition) is 1. The second-order valence-corrected chi connectivity index (χ2v) is 9.40. The molecule has 0 bridgehead atoms. The summed E-state index contributed by atoms with van der Waals surface area (Å²) in [5.74, 6) is 1.08. The molecule has 1 amide bonds. The summed E-state index contributed by atoms with van der Waals surface area (Å²) in [5, 5.41) is 14.0. The van der Waals surface area contributed by atoms with Crippen molar-refractivity contribution in [3.63, 3.8) is 0 Å². The van der Waals surface area contributed by atoms with Crippen molar-refractivity contribution in [2.45, 2.75) is 38.9 Å². The minimum absolute atomic E-state index is 0.0330. The predicted octanol–water partition coefficient (Wildman–Crippen LogP) is 4.19. The minimum Gasteiger partial charge on any atom is -0.325 e. The molecule has 1 N–H and O–H groups in total. The van der Waals surface area contributed by atoms with Gasteiger partial charge < -0.3 is 5.32 Å². The van der Waals surface area contributed by atoms with Crippen LogP contribution in [-0.2, 0) is 11.3 Å². The fraction of sp³-hybridized carbons (Fsp3) is 0.333. The van der Waals surface area contributed by atoms with Crippen LogP contribution in [0, 0.1) is 12.8 Å². The number of nitrogens with zero attached hydrogens (tertiary/aromatic N) is 4. The molecule has 3 aromatic heterocycles. The van der Waals surface area contributed by atoms with Crippen LogP contribution < -0.4 is 10.9 Å². The first-order valence-electron chi connectivity index (χ1n) is 9.79. The van der Waals surface area contributed by atoms with E-state index in [2.05, 4.69) is 29.4 Å². The Hall–Kier alpha value is -2.65. The first-order chi connectivity index (χ1) is 14.5. The van der Waals surface area contributed by atoms with Crippen LogP contribution in [0.5, 0.6) is 0 Å². The monoisotopic (exact) mass is 441 g/mol. The Kier molecular flexibility index (Phi) is 5.92. The van der Waals surface area contributed by atoms with E-state index in [4.69, 9.17) is 0 Å². The lowest BCUT2D eigenvalue weighted by molar-refractivity contribution is -0.113. The molecule has 0 aliphatic carbocycles. The zero-order valence-corrected chi connectivity index (χ0v) is 18.7. The number of nitrogens with one attached hydrogen (secondary N) is 1. The molecule has 0 atom stereocenters. The molecule has 30 heavy (non-hydrogen) atoms. The van der Waals surface area contributed by atoms with Crippen LogP contribution in [0.3, 0.4) is 0 Å². The zero-order chi connectivity index (χ0) is 21.3. The van der Waals surface area contributed by atoms with Crippen LogP contribution in [0.2, 0.25) is 0 Å². The Bertz CT molecular complexity index is 1270. The van der Waals surface area contributed by atoms with E-state index in [-0.39, 0.29) is 17.2 Å². The van der Waals surface area contributed by atoms with Gasteiger partial charge in [0.2, 0.25) is 11.7 Å². The number of rotatable bonds is 7. The molecule has 156 valence electrons. The summed E-state index contributed by atoms with van der Waals surface area (Å²) in [6, 6.07) is 9.58. The van der Waals surface area contributed by atoms with E-state index in [0.717, 1.165) is 23.2 Å². The second kappa shape index (κ2) is 8.61. The second-order valence-electron chi connectivity index (χ2n) is 7.54. The van der Waals surface area contributed by atoms with Gasteiger partial charge in [-0.2, -0.15) is 0 Å². The Morgan fingerprint density at radius 1 is 1.23 bits per heavy atom. The number of carbonyl (C=O) groups is 1. The van der Waals surface area contributed by atoms with Gasteiger partial charge in [-0.15, -0.1) is 21.5 Å². The highest BCUT2D eigenvalue weighted by Gasteiger charge is 2.18. The Balaban J connectivity index is 1.63. The third-order valence-corrected chi connectivity index (χ3v) is 6.68. The average molecular weight is 442 g/mol. The fourth-order valence-corrected chi connectivity index (χ4v) is 4.78. The molecule has 0 spiro atoms. The van der Waals surface area contributed by atoms with Gasteiger partial charge in [0.05, 0.1) is 11.3 Å². The van der Waals surface area contributed by atoms with Crippen LogP contribution >= 0.6 is 23.1 Å². The molecule has 7 nitrogen and oxygen atoms in total. The summed E-state index contributed by atoms with van der Waals surface area (Å²) in [5.41, 5.74) is 2.57. The molecule has 0 aliphatic rings. The van der Waals surface area contributed by atoms with Gasteiger partial charge in [0.1, 0.15) is 4.70 Å². The highest BCUT2D eigenvalue weighted by atomic mass is 32.2. The van der Waals surface area contributed by atoms with Crippen LogP contribution in [0.25, 0.3) is 16.0 Å². The van der Waals surface area contributed by atoms with Crippen molar-refractivity contribution in [1.82, 2.24) is 19.2 Å². The number of anilines is 1. The smallest absolute Gasteiger partial charge is 0.272 e. The number of amides is 1. The molecule has 3 heterocycles. The minimum atomic E-state index is -0.110. The lowest BCUT2D eigenvalue weighted by atomic mass is 10.1. The van der Waals surface area contributed by atoms with Crippen molar-refractivity contribution in [1.29, 1.82) is 0 Å². The number of aryl methyl sites for hydroxylation is 2. The number of fused-ring (bicyclic) bond motifs is 3. The van der Waals surface area contributed by atoms with Crippen molar-refractivity contribution in [3.05, 3.63) is 51.6 Å². The molecule has 4 rings (SSSR count). The van der Waals surface area contributed by atoms with E-state index in [1.807, 2.05) is 47.0 Å². The third kappa shape index (κ3) is 3.99. The Labute approximate surface area is 182 Å². The number of benzene rings is 1. The quantitative estimate of drug-likeness (QED) is 0.435. The molecule has 0 unspecified atom stereocenters. The van der Waals surface area contributed by atoms with Crippen LogP contribution in [0.15, 0.2) is 45.7 Å². The van der Waals surface area contributed by atoms with Gasteiger partial charge in [-0.1, -0.05) is 43.8 Å². The van der Waals surface area contributed by atoms with E-state index in [0.29, 0.717) is 28.1 Å². The van der Waals surface area contributed by atoms with Crippen molar-refractivity contribution in [3.8, 4) is 0 Å². The number of thioether (sulfide) groups is 1. The SMILES string of the molecule is Cc1ccccc1NC(=O)CSc1nnc2n(CCC(C)C)c(=O)c3sccc3n12. The van der Waals surface area contributed by atoms with Gasteiger partial charge in [0.25, 0.3) is 5.56 Å². The lowest BCUT2D eigenvalue weighted by Gasteiger charge is -2.11. The molecule has 9 heteroatoms. The third-order valence-electron chi connectivity index (χ3n) is 4.86. The summed E-state index contributed by atoms with van der Waals surface area (Å²) in [6.45, 7) is 6.80. The normalized spacial score (nSPS) is 11.6. The molecular weight excluding hydrogens is 418 g/mol. The maximum atomic E-state index is 12.9. The van der Waals surface area contributed by atoms with Crippen molar-refractivity contribution in [2.75, 3.05) is 11.1 Å². The summed E-state index contributed by atoms with van der Waals surface area (Å²) < 4.78 is 4.26. The largest absolute Gasteiger partial charge is 0.325 e. The first-order valence-corrected chi connectivity index (χ1v) is 11.7. The van der Waals surface area contributed by atoms with Gasteiger partial charge in [-0.25, -0.2) is 0 Å². The zero-order valence-electron chi connectivity index (χ0n) is 17.1. The van der Waals surface area contributed by atoms with Crippen molar-refractivity contribution >= 4 is 50.7 Å². The van der Waals surface area contributed by atoms with E-state index in [1.54, 1.807) is 4.57 Å². The summed E-state index contributed by atoms with van der Waals surface area (Å²) in [6.07, 6.45) is 0.876. The maximum Gasteiger partial charge on any atom is 0.272 e. The lowest BCUT2D eigenvalue weighted by Crippen LogP contribution is -2.23. The summed E-state index contributed by atoms with van der Waals surface area (Å²) >= 11 is 2.73. The van der Waals surface area contributed by atoms with Crippen molar-refractivity contribution < 1.29 is 4.79 Å². The van der Waals surface area contributed by atoms with Crippen LogP contribution in [0.4, 0.5) is 5.69 Å². The van der Waals surface area contributed by atoms with E-state index in [1.165, 1.54) is 23.1 Å². The molecule has 0 saturated carbocycles. The average Bonchev–Trinajstić information content (AvgIpc) is 3.35. The van der Waals surface area contributed by atoms with Gasteiger partial charge in [0.15, 0.2) is 5.16 Å². The maximum absolute atomic E-state index is 12.9. The molecule has 0 fully saturated rings. The van der Waals surface area contributed by atoms with Gasteiger partial charge in [0, 0.05) is 12.2 Å². The molecule has 4 aromatic rings. The molecule has 1 aromatic carbocycles. The predicted molar refractivity (Wildman–Crippen MR) is 123 cm³/mol. The summed E-state index contributed by atoms with van der Waals surface area (Å²) in [4.78, 5) is 25.4. The number of carbonyl (C=O) groups excluding carboxylic acids is 1. The van der Waals surface area contributed by atoms with E-state index in [9.17, 15) is 9.59 Å². The molecule has 0 aliphatic heterocycles. The summed E-state index contributed by atoms with van der Waals surface area (Å²) in [7, 11) is 0.